The van der Waals surface area contributed by atoms with Crippen LogP contribution in [0.25, 0.3) is 10.8 Å². The number of carbonyl (C=O) groups excluding carboxylic acids is 2. The molecule has 0 saturated carbocycles. The monoisotopic (exact) mass is 399 g/mol. The molecule has 2 rings (SSSR count). The number of esters is 1. The summed E-state index contributed by atoms with van der Waals surface area (Å²) < 4.78 is 10.9. The molecule has 5 nitrogen and oxygen atoms in total. The molecule has 0 spiro atoms. The minimum absolute atomic E-state index is 0.238. The van der Waals surface area contributed by atoms with Crippen LogP contribution in [-0.4, -0.2) is 24.2 Å². The molecule has 5 heteroatoms. The van der Waals surface area contributed by atoms with E-state index in [-0.39, 0.29) is 18.2 Å². The van der Waals surface area contributed by atoms with Crippen molar-refractivity contribution in [3.63, 3.8) is 0 Å². The van der Waals surface area contributed by atoms with Crippen LogP contribution in [-0.2, 0) is 14.3 Å². The molecule has 1 N–H and O–H groups in total. The quantitative estimate of drug-likeness (QED) is 0.420. The molecule has 0 heterocycles. The molecule has 0 bridgehead atoms. The molecule has 0 aliphatic heterocycles. The Labute approximate surface area is 173 Å². The zero-order valence-electron chi connectivity index (χ0n) is 18.0. The van der Waals surface area contributed by atoms with Gasteiger partial charge < -0.3 is 14.8 Å². The highest BCUT2D eigenvalue weighted by Gasteiger charge is 2.17. The summed E-state index contributed by atoms with van der Waals surface area (Å²) in [6.07, 6.45) is 4.03. The molecule has 2 aromatic rings. The SMILES string of the molecule is CC(=O)OC(CCCCCCNC(=O)OC(C)(C)C)c1cccc2ccccc12. The number of fused-ring (bicyclic) bond motifs is 1. The Hall–Kier alpha value is -2.56. The zero-order chi connectivity index (χ0) is 21.3. The number of alkyl carbamates (subject to hydrolysis) is 1. The van der Waals surface area contributed by atoms with Gasteiger partial charge in [0.15, 0.2) is 0 Å². The smallest absolute Gasteiger partial charge is 0.407 e. The van der Waals surface area contributed by atoms with Gasteiger partial charge in [-0.05, 0) is 50.8 Å². The fraction of sp³-hybridized carbons (Fsp3) is 0.500. The Bertz CT molecular complexity index is 805. The second-order valence-electron chi connectivity index (χ2n) is 8.30. The van der Waals surface area contributed by atoms with E-state index in [1.807, 2.05) is 45.0 Å². The summed E-state index contributed by atoms with van der Waals surface area (Å²) in [7, 11) is 0. The second-order valence-corrected chi connectivity index (χ2v) is 8.30. The fourth-order valence-corrected chi connectivity index (χ4v) is 3.32. The molecular formula is C24H33NO4. The average molecular weight is 400 g/mol. The van der Waals surface area contributed by atoms with Crippen molar-refractivity contribution in [3.8, 4) is 0 Å². The van der Waals surface area contributed by atoms with Crippen LogP contribution in [0.3, 0.4) is 0 Å². The van der Waals surface area contributed by atoms with Crippen LogP contribution in [0.4, 0.5) is 4.79 Å². The summed E-state index contributed by atoms with van der Waals surface area (Å²) in [5, 5.41) is 5.06. The van der Waals surface area contributed by atoms with Crippen LogP contribution in [0.1, 0.15) is 71.5 Å². The van der Waals surface area contributed by atoms with Gasteiger partial charge in [0.1, 0.15) is 11.7 Å². The predicted molar refractivity (Wildman–Crippen MR) is 116 cm³/mol. The number of ether oxygens (including phenoxy) is 2. The highest BCUT2D eigenvalue weighted by molar-refractivity contribution is 5.86. The average Bonchev–Trinajstić information content (AvgIpc) is 2.64. The first-order chi connectivity index (χ1) is 13.8. The molecule has 0 saturated heterocycles. The largest absolute Gasteiger partial charge is 0.458 e. The van der Waals surface area contributed by atoms with Crippen LogP contribution in [0.5, 0.6) is 0 Å². The van der Waals surface area contributed by atoms with E-state index in [4.69, 9.17) is 9.47 Å². The van der Waals surface area contributed by atoms with Crippen LogP contribution >= 0.6 is 0 Å². The topological polar surface area (TPSA) is 64.6 Å². The summed E-state index contributed by atoms with van der Waals surface area (Å²) >= 11 is 0. The molecule has 0 aromatic heterocycles. The maximum atomic E-state index is 11.6. The van der Waals surface area contributed by atoms with Gasteiger partial charge in [-0.25, -0.2) is 4.79 Å². The predicted octanol–water partition coefficient (Wildman–Crippen LogP) is 5.92. The molecule has 0 aliphatic rings. The number of benzene rings is 2. The number of hydrogen-bond acceptors (Lipinski definition) is 4. The Morgan fingerprint density at radius 3 is 2.38 bits per heavy atom. The van der Waals surface area contributed by atoms with Gasteiger partial charge in [0.05, 0.1) is 0 Å². The van der Waals surface area contributed by atoms with Crippen LogP contribution in [0.15, 0.2) is 42.5 Å². The van der Waals surface area contributed by atoms with Crippen molar-refractivity contribution in [2.75, 3.05) is 6.54 Å². The van der Waals surface area contributed by atoms with E-state index in [1.165, 1.54) is 6.92 Å². The van der Waals surface area contributed by atoms with Crippen molar-refractivity contribution in [3.05, 3.63) is 48.0 Å². The van der Waals surface area contributed by atoms with Gasteiger partial charge >= 0.3 is 12.1 Å². The van der Waals surface area contributed by atoms with Crippen LogP contribution in [0, 0.1) is 0 Å². The van der Waals surface area contributed by atoms with E-state index in [2.05, 4.69) is 23.5 Å². The summed E-state index contributed by atoms with van der Waals surface area (Å²) in [5.74, 6) is -0.260. The van der Waals surface area contributed by atoms with Gasteiger partial charge in [-0.2, -0.15) is 0 Å². The van der Waals surface area contributed by atoms with Gasteiger partial charge in [0, 0.05) is 19.0 Å². The molecule has 1 unspecified atom stereocenters. The highest BCUT2D eigenvalue weighted by atomic mass is 16.6. The minimum Gasteiger partial charge on any atom is -0.458 e. The van der Waals surface area contributed by atoms with Crippen molar-refractivity contribution in [1.82, 2.24) is 5.32 Å². The molecule has 0 aliphatic carbocycles. The molecule has 1 amide bonds. The Morgan fingerprint density at radius 2 is 1.66 bits per heavy atom. The summed E-state index contributed by atoms with van der Waals surface area (Å²) in [5.41, 5.74) is 0.585. The van der Waals surface area contributed by atoms with Gasteiger partial charge in [-0.15, -0.1) is 0 Å². The third kappa shape index (κ3) is 8.14. The lowest BCUT2D eigenvalue weighted by atomic mass is 9.96. The van der Waals surface area contributed by atoms with E-state index in [1.54, 1.807) is 0 Å². The van der Waals surface area contributed by atoms with Crippen molar-refractivity contribution < 1.29 is 19.1 Å². The van der Waals surface area contributed by atoms with Gasteiger partial charge in [-0.3, -0.25) is 4.79 Å². The van der Waals surface area contributed by atoms with Gasteiger partial charge in [0.2, 0.25) is 0 Å². The van der Waals surface area contributed by atoms with Crippen molar-refractivity contribution in [2.24, 2.45) is 0 Å². The summed E-state index contributed by atoms with van der Waals surface area (Å²) in [6.45, 7) is 7.61. The van der Waals surface area contributed by atoms with E-state index < -0.39 is 5.60 Å². The number of hydrogen-bond donors (Lipinski definition) is 1. The fourth-order valence-electron chi connectivity index (χ4n) is 3.32. The lowest BCUT2D eigenvalue weighted by Gasteiger charge is -2.20. The van der Waals surface area contributed by atoms with E-state index in [9.17, 15) is 9.59 Å². The van der Waals surface area contributed by atoms with Crippen molar-refractivity contribution in [1.29, 1.82) is 0 Å². The Morgan fingerprint density at radius 1 is 0.966 bits per heavy atom. The van der Waals surface area contributed by atoms with Gasteiger partial charge in [0.25, 0.3) is 0 Å². The molecule has 0 fully saturated rings. The third-order valence-corrected chi connectivity index (χ3v) is 4.54. The number of unbranched alkanes of at least 4 members (excludes halogenated alkanes) is 3. The minimum atomic E-state index is -0.475. The normalized spacial score (nSPS) is 12.4. The first kappa shape index (κ1) is 22.7. The van der Waals surface area contributed by atoms with E-state index in [0.29, 0.717) is 6.54 Å². The second kappa shape index (κ2) is 10.8. The molecule has 0 radical (unpaired) electrons. The number of rotatable bonds is 9. The number of nitrogens with one attached hydrogen (secondary N) is 1. The first-order valence-electron chi connectivity index (χ1n) is 10.4. The summed E-state index contributed by atoms with van der Waals surface area (Å²) in [4.78, 5) is 23.2. The van der Waals surface area contributed by atoms with E-state index in [0.717, 1.165) is 48.4 Å². The lowest BCUT2D eigenvalue weighted by Crippen LogP contribution is -2.32. The summed E-state index contributed by atoms with van der Waals surface area (Å²) in [6, 6.07) is 14.3. The first-order valence-corrected chi connectivity index (χ1v) is 10.4. The standard InChI is InChI=1S/C24H33NO4/c1-18(26)28-22(21-15-11-13-19-12-8-9-14-20(19)21)16-7-5-6-10-17-25-23(27)29-24(2,3)4/h8-9,11-15,22H,5-7,10,16-17H2,1-4H3,(H,25,27). The molecule has 29 heavy (non-hydrogen) atoms. The third-order valence-electron chi connectivity index (χ3n) is 4.54. The molecule has 158 valence electrons. The van der Waals surface area contributed by atoms with Crippen LogP contribution < -0.4 is 5.32 Å². The maximum absolute atomic E-state index is 11.6. The molecule has 2 aromatic carbocycles. The van der Waals surface area contributed by atoms with Crippen molar-refractivity contribution >= 4 is 22.8 Å². The van der Waals surface area contributed by atoms with E-state index >= 15 is 0 Å². The molecular weight excluding hydrogens is 366 g/mol. The molecule has 1 atom stereocenters. The highest BCUT2D eigenvalue weighted by Crippen LogP contribution is 2.30. The Balaban J connectivity index is 1.80. The number of amides is 1. The Kier molecular flexibility index (Phi) is 8.50. The van der Waals surface area contributed by atoms with Gasteiger partial charge in [-0.1, -0.05) is 55.3 Å². The zero-order valence-corrected chi connectivity index (χ0v) is 18.0. The number of carbonyl (C=O) groups is 2. The lowest BCUT2D eigenvalue weighted by molar-refractivity contribution is -0.147. The maximum Gasteiger partial charge on any atom is 0.407 e. The van der Waals surface area contributed by atoms with Crippen LogP contribution in [0.2, 0.25) is 0 Å². The van der Waals surface area contributed by atoms with Crippen molar-refractivity contribution in [2.45, 2.75) is 71.5 Å².